The standard InChI is InChI=1S/C6H11Cl2NO2/c1-4(11-6(9)10)2-5(8)3-7/h4-5H,2-3H2,1H3,(H2,9,10). The predicted octanol–water partition coefficient (Wildman–Crippen LogP) is 1.71. The zero-order valence-corrected chi connectivity index (χ0v) is 7.73. The maximum absolute atomic E-state index is 10.2. The van der Waals surface area contributed by atoms with Gasteiger partial charge in [0.25, 0.3) is 0 Å². The van der Waals surface area contributed by atoms with E-state index in [1.807, 2.05) is 0 Å². The average molecular weight is 200 g/mol. The molecular weight excluding hydrogens is 189 g/mol. The van der Waals surface area contributed by atoms with Gasteiger partial charge in [0.2, 0.25) is 0 Å². The summed E-state index contributed by atoms with van der Waals surface area (Å²) < 4.78 is 4.62. The van der Waals surface area contributed by atoms with Crippen LogP contribution in [-0.4, -0.2) is 23.5 Å². The second-order valence-electron chi connectivity index (χ2n) is 2.23. The molecule has 0 aromatic heterocycles. The number of hydrogen-bond donors (Lipinski definition) is 1. The van der Waals surface area contributed by atoms with E-state index in [0.29, 0.717) is 12.3 Å². The van der Waals surface area contributed by atoms with E-state index in [0.717, 1.165) is 0 Å². The monoisotopic (exact) mass is 199 g/mol. The summed E-state index contributed by atoms with van der Waals surface area (Å²) in [5.41, 5.74) is 4.77. The van der Waals surface area contributed by atoms with Crippen molar-refractivity contribution >= 4 is 29.3 Å². The summed E-state index contributed by atoms with van der Waals surface area (Å²) >= 11 is 11.1. The first kappa shape index (κ1) is 10.8. The summed E-state index contributed by atoms with van der Waals surface area (Å²) in [4.78, 5) is 10.2. The maximum Gasteiger partial charge on any atom is 0.404 e. The van der Waals surface area contributed by atoms with Crippen LogP contribution in [0.3, 0.4) is 0 Å². The number of halogens is 2. The molecular formula is C6H11Cl2NO2. The van der Waals surface area contributed by atoms with Gasteiger partial charge in [0.05, 0.1) is 5.38 Å². The molecule has 0 saturated carbocycles. The van der Waals surface area contributed by atoms with Gasteiger partial charge in [-0.1, -0.05) is 0 Å². The van der Waals surface area contributed by atoms with E-state index in [2.05, 4.69) is 4.74 Å². The molecule has 0 aromatic rings. The van der Waals surface area contributed by atoms with Crippen LogP contribution in [0.25, 0.3) is 0 Å². The Kier molecular flexibility index (Phi) is 5.42. The van der Waals surface area contributed by atoms with Gasteiger partial charge in [0, 0.05) is 12.3 Å². The number of amides is 1. The van der Waals surface area contributed by atoms with Crippen LogP contribution in [0.2, 0.25) is 0 Å². The summed E-state index contributed by atoms with van der Waals surface area (Å²) in [5.74, 6) is 0.341. The molecule has 66 valence electrons. The molecule has 0 bridgehead atoms. The fourth-order valence-corrected chi connectivity index (χ4v) is 1.05. The average Bonchev–Trinajstić information content (AvgIpc) is 1.85. The molecule has 0 aliphatic rings. The summed E-state index contributed by atoms with van der Waals surface area (Å²) in [5, 5.41) is -0.175. The lowest BCUT2D eigenvalue weighted by atomic mass is 10.2. The third-order valence-corrected chi connectivity index (χ3v) is 1.94. The number of carbonyl (C=O) groups is 1. The predicted molar refractivity (Wildman–Crippen MR) is 45.1 cm³/mol. The van der Waals surface area contributed by atoms with Crippen molar-refractivity contribution < 1.29 is 9.53 Å². The van der Waals surface area contributed by atoms with Crippen molar-refractivity contribution in [3.05, 3.63) is 0 Å². The van der Waals surface area contributed by atoms with Crippen LogP contribution in [0.5, 0.6) is 0 Å². The molecule has 11 heavy (non-hydrogen) atoms. The number of rotatable bonds is 4. The third-order valence-electron chi connectivity index (χ3n) is 1.07. The van der Waals surface area contributed by atoms with E-state index in [-0.39, 0.29) is 11.5 Å². The van der Waals surface area contributed by atoms with Gasteiger partial charge in [0.1, 0.15) is 6.10 Å². The van der Waals surface area contributed by atoms with Crippen LogP contribution in [-0.2, 0) is 4.74 Å². The molecule has 2 unspecified atom stereocenters. The molecule has 2 atom stereocenters. The minimum Gasteiger partial charge on any atom is -0.447 e. The van der Waals surface area contributed by atoms with Gasteiger partial charge in [-0.2, -0.15) is 0 Å². The number of carbonyl (C=O) groups excluding carboxylic acids is 1. The highest BCUT2D eigenvalue weighted by Gasteiger charge is 2.11. The van der Waals surface area contributed by atoms with E-state index < -0.39 is 6.09 Å². The van der Waals surface area contributed by atoms with Gasteiger partial charge in [0.15, 0.2) is 0 Å². The van der Waals surface area contributed by atoms with Gasteiger partial charge >= 0.3 is 6.09 Å². The topological polar surface area (TPSA) is 52.3 Å². The lowest BCUT2D eigenvalue weighted by Crippen LogP contribution is -2.23. The fourth-order valence-electron chi connectivity index (χ4n) is 0.670. The molecule has 0 fully saturated rings. The molecule has 2 N–H and O–H groups in total. The van der Waals surface area contributed by atoms with E-state index >= 15 is 0 Å². The minimum absolute atomic E-state index is 0.175. The first-order valence-corrected chi connectivity index (χ1v) is 4.19. The minimum atomic E-state index is -0.782. The Morgan fingerprint density at radius 1 is 1.73 bits per heavy atom. The Morgan fingerprint density at radius 2 is 2.27 bits per heavy atom. The Bertz CT molecular complexity index is 132. The smallest absolute Gasteiger partial charge is 0.404 e. The summed E-state index contributed by atoms with van der Waals surface area (Å²) in [7, 11) is 0. The van der Waals surface area contributed by atoms with Gasteiger partial charge in [-0.25, -0.2) is 4.79 Å². The molecule has 0 rings (SSSR count). The van der Waals surface area contributed by atoms with Crippen molar-refractivity contribution in [2.75, 3.05) is 5.88 Å². The molecule has 0 aliphatic heterocycles. The van der Waals surface area contributed by atoms with Gasteiger partial charge < -0.3 is 10.5 Å². The van der Waals surface area contributed by atoms with Crippen molar-refractivity contribution in [1.82, 2.24) is 0 Å². The Labute approximate surface area is 75.8 Å². The van der Waals surface area contributed by atoms with Gasteiger partial charge in [-0.05, 0) is 6.92 Å². The van der Waals surface area contributed by atoms with E-state index in [9.17, 15) is 4.79 Å². The molecule has 5 heteroatoms. The second kappa shape index (κ2) is 5.49. The maximum atomic E-state index is 10.2. The molecule has 1 amide bonds. The number of primary amides is 1. The quantitative estimate of drug-likeness (QED) is 0.702. The number of alkyl halides is 2. The highest BCUT2D eigenvalue weighted by Crippen LogP contribution is 2.09. The SMILES string of the molecule is CC(CC(Cl)CCl)OC(N)=O. The van der Waals surface area contributed by atoms with E-state index in [4.69, 9.17) is 28.9 Å². The number of ether oxygens (including phenoxy) is 1. The summed E-state index contributed by atoms with van der Waals surface area (Å²) in [6.07, 6.45) is -0.529. The van der Waals surface area contributed by atoms with Gasteiger partial charge in [-0.15, -0.1) is 23.2 Å². The molecule has 0 saturated heterocycles. The third kappa shape index (κ3) is 6.26. The largest absolute Gasteiger partial charge is 0.447 e. The highest BCUT2D eigenvalue weighted by atomic mass is 35.5. The molecule has 0 spiro atoms. The number of nitrogens with two attached hydrogens (primary N) is 1. The first-order valence-electron chi connectivity index (χ1n) is 3.22. The van der Waals surface area contributed by atoms with Crippen molar-refractivity contribution in [2.24, 2.45) is 5.73 Å². The van der Waals surface area contributed by atoms with Crippen molar-refractivity contribution in [3.8, 4) is 0 Å². The lowest BCUT2D eigenvalue weighted by Gasteiger charge is -2.12. The zero-order valence-electron chi connectivity index (χ0n) is 6.22. The molecule has 0 aliphatic carbocycles. The van der Waals surface area contributed by atoms with Gasteiger partial charge in [-0.3, -0.25) is 0 Å². The summed E-state index contributed by atoms with van der Waals surface area (Å²) in [6, 6.07) is 0. The van der Waals surface area contributed by atoms with Crippen molar-refractivity contribution in [3.63, 3.8) is 0 Å². The molecule has 0 heterocycles. The zero-order chi connectivity index (χ0) is 8.85. The van der Waals surface area contributed by atoms with Crippen LogP contribution in [0, 0.1) is 0 Å². The molecule has 0 radical (unpaired) electrons. The van der Waals surface area contributed by atoms with Crippen LogP contribution >= 0.6 is 23.2 Å². The van der Waals surface area contributed by atoms with Crippen LogP contribution in [0.15, 0.2) is 0 Å². The van der Waals surface area contributed by atoms with E-state index in [1.165, 1.54) is 0 Å². The Hall–Kier alpha value is -0.150. The molecule has 3 nitrogen and oxygen atoms in total. The van der Waals surface area contributed by atoms with Crippen molar-refractivity contribution in [1.29, 1.82) is 0 Å². The summed E-state index contributed by atoms with van der Waals surface area (Å²) in [6.45, 7) is 1.71. The first-order chi connectivity index (χ1) is 5.06. The second-order valence-corrected chi connectivity index (χ2v) is 3.16. The van der Waals surface area contributed by atoms with Crippen molar-refractivity contribution in [2.45, 2.75) is 24.8 Å². The highest BCUT2D eigenvalue weighted by molar-refractivity contribution is 6.28. The molecule has 0 aromatic carbocycles. The fraction of sp³-hybridized carbons (Fsp3) is 0.833. The van der Waals surface area contributed by atoms with Crippen LogP contribution in [0.4, 0.5) is 4.79 Å². The van der Waals surface area contributed by atoms with Crippen LogP contribution < -0.4 is 5.73 Å². The number of hydrogen-bond acceptors (Lipinski definition) is 2. The lowest BCUT2D eigenvalue weighted by molar-refractivity contribution is 0.111. The Morgan fingerprint density at radius 3 is 2.64 bits per heavy atom. The van der Waals surface area contributed by atoms with E-state index in [1.54, 1.807) is 6.92 Å². The Balaban J connectivity index is 3.51. The normalized spacial score (nSPS) is 15.5. The van der Waals surface area contributed by atoms with Crippen LogP contribution in [0.1, 0.15) is 13.3 Å².